The molecule has 0 radical (unpaired) electrons. The molecule has 1 amide bonds. The lowest BCUT2D eigenvalue weighted by molar-refractivity contribution is -0.131. The lowest BCUT2D eigenvalue weighted by atomic mass is 10.1. The van der Waals surface area contributed by atoms with Crippen LogP contribution in [-0.2, 0) is 21.4 Å². The van der Waals surface area contributed by atoms with Gasteiger partial charge in [-0.05, 0) is 30.5 Å². The van der Waals surface area contributed by atoms with Gasteiger partial charge in [0.1, 0.15) is 5.82 Å². The van der Waals surface area contributed by atoms with Crippen LogP contribution < -0.4 is 4.72 Å². The van der Waals surface area contributed by atoms with Crippen LogP contribution in [0.25, 0.3) is 0 Å². The number of nitrogens with one attached hydrogen (secondary N) is 1. The van der Waals surface area contributed by atoms with Crippen molar-refractivity contribution >= 4 is 15.9 Å². The smallest absolute Gasteiger partial charge is 0.236 e. The van der Waals surface area contributed by atoms with Crippen LogP contribution in [0.5, 0.6) is 0 Å². The standard InChI is InChI=1S/C16H24FN3O3S/c1-19(11-13-3-5-14(17)6-4-13)16(21)12-20-9-7-15(8-10-20)18-24(2,22)23/h3-6,15,18H,7-12H2,1-2H3. The molecular formula is C16H24FN3O3S. The Bertz CT molecular complexity index is 656. The van der Waals surface area contributed by atoms with E-state index in [-0.39, 0.29) is 17.8 Å². The average Bonchev–Trinajstić information content (AvgIpc) is 2.50. The molecule has 0 atom stereocenters. The van der Waals surface area contributed by atoms with E-state index in [9.17, 15) is 17.6 Å². The highest BCUT2D eigenvalue weighted by Crippen LogP contribution is 2.12. The minimum atomic E-state index is -3.19. The van der Waals surface area contributed by atoms with E-state index in [2.05, 4.69) is 4.72 Å². The van der Waals surface area contributed by atoms with E-state index in [1.54, 1.807) is 24.1 Å². The predicted molar refractivity (Wildman–Crippen MR) is 90.3 cm³/mol. The summed E-state index contributed by atoms with van der Waals surface area (Å²) in [6.07, 6.45) is 2.55. The Morgan fingerprint density at radius 1 is 1.29 bits per heavy atom. The molecule has 1 aliphatic rings. The molecule has 0 spiro atoms. The number of rotatable bonds is 6. The van der Waals surface area contributed by atoms with Crippen LogP contribution in [0.15, 0.2) is 24.3 Å². The Kier molecular flexibility index (Phi) is 6.31. The second-order valence-electron chi connectivity index (χ2n) is 6.32. The molecule has 24 heavy (non-hydrogen) atoms. The van der Waals surface area contributed by atoms with Crippen molar-refractivity contribution in [3.63, 3.8) is 0 Å². The molecule has 134 valence electrons. The van der Waals surface area contributed by atoms with Gasteiger partial charge in [0.05, 0.1) is 12.8 Å². The Balaban J connectivity index is 1.77. The van der Waals surface area contributed by atoms with Gasteiger partial charge in [-0.3, -0.25) is 9.69 Å². The van der Waals surface area contributed by atoms with Gasteiger partial charge in [-0.25, -0.2) is 17.5 Å². The van der Waals surface area contributed by atoms with Crippen molar-refractivity contribution in [2.45, 2.75) is 25.4 Å². The first-order valence-corrected chi connectivity index (χ1v) is 9.80. The number of likely N-dealkylation sites (tertiary alicyclic amines) is 1. The Morgan fingerprint density at radius 3 is 2.42 bits per heavy atom. The maximum Gasteiger partial charge on any atom is 0.236 e. The summed E-state index contributed by atoms with van der Waals surface area (Å²) in [5, 5.41) is 0. The number of amides is 1. The van der Waals surface area contributed by atoms with Gasteiger partial charge in [-0.2, -0.15) is 0 Å². The van der Waals surface area contributed by atoms with Gasteiger partial charge in [-0.15, -0.1) is 0 Å². The number of likely N-dealkylation sites (N-methyl/N-ethyl adjacent to an activating group) is 1. The summed E-state index contributed by atoms with van der Waals surface area (Å²) < 4.78 is 38.0. The zero-order valence-electron chi connectivity index (χ0n) is 14.0. The largest absolute Gasteiger partial charge is 0.340 e. The minimum absolute atomic E-state index is 0.00570. The van der Waals surface area contributed by atoms with Crippen LogP contribution in [0.2, 0.25) is 0 Å². The van der Waals surface area contributed by atoms with Gasteiger partial charge in [0, 0.05) is 32.7 Å². The average molecular weight is 357 g/mol. The van der Waals surface area contributed by atoms with E-state index >= 15 is 0 Å². The summed E-state index contributed by atoms with van der Waals surface area (Å²) in [6.45, 7) is 2.11. The van der Waals surface area contributed by atoms with Crippen molar-refractivity contribution in [3.05, 3.63) is 35.6 Å². The van der Waals surface area contributed by atoms with Crippen LogP contribution in [0, 0.1) is 5.82 Å². The number of hydrogen-bond donors (Lipinski definition) is 1. The highest BCUT2D eigenvalue weighted by atomic mass is 32.2. The van der Waals surface area contributed by atoms with Gasteiger partial charge in [0.25, 0.3) is 0 Å². The van der Waals surface area contributed by atoms with Crippen molar-refractivity contribution in [1.82, 2.24) is 14.5 Å². The molecule has 1 N–H and O–H groups in total. The van der Waals surface area contributed by atoms with E-state index in [1.165, 1.54) is 12.1 Å². The van der Waals surface area contributed by atoms with Crippen LogP contribution in [-0.4, -0.2) is 63.1 Å². The number of piperidine rings is 1. The van der Waals surface area contributed by atoms with Crippen LogP contribution in [0.3, 0.4) is 0 Å². The summed E-state index contributed by atoms with van der Waals surface area (Å²) in [4.78, 5) is 15.9. The van der Waals surface area contributed by atoms with Gasteiger partial charge in [0.2, 0.25) is 15.9 Å². The first kappa shape index (κ1) is 18.8. The topological polar surface area (TPSA) is 69.7 Å². The molecule has 0 bridgehead atoms. The fourth-order valence-electron chi connectivity index (χ4n) is 2.78. The molecule has 1 heterocycles. The maximum atomic E-state index is 12.9. The Morgan fingerprint density at radius 2 is 1.88 bits per heavy atom. The summed E-state index contributed by atoms with van der Waals surface area (Å²) >= 11 is 0. The molecule has 1 aromatic carbocycles. The molecule has 1 saturated heterocycles. The van der Waals surface area contributed by atoms with Crippen LogP contribution >= 0.6 is 0 Å². The van der Waals surface area contributed by atoms with E-state index in [0.717, 1.165) is 11.8 Å². The van der Waals surface area contributed by atoms with E-state index < -0.39 is 10.0 Å². The van der Waals surface area contributed by atoms with Crippen molar-refractivity contribution in [1.29, 1.82) is 0 Å². The molecule has 2 rings (SSSR count). The Labute approximate surface area is 142 Å². The molecular weight excluding hydrogens is 333 g/mol. The van der Waals surface area contributed by atoms with Crippen molar-refractivity contribution in [2.75, 3.05) is 32.9 Å². The fourth-order valence-corrected chi connectivity index (χ4v) is 3.62. The molecule has 1 aliphatic heterocycles. The summed E-state index contributed by atoms with van der Waals surface area (Å²) in [7, 11) is -1.46. The second-order valence-corrected chi connectivity index (χ2v) is 8.10. The summed E-state index contributed by atoms with van der Waals surface area (Å²) in [6, 6.07) is 6.05. The molecule has 0 aliphatic carbocycles. The molecule has 0 saturated carbocycles. The second kappa shape index (κ2) is 8.04. The number of halogens is 1. The molecule has 1 fully saturated rings. The molecule has 8 heteroatoms. The Hall–Kier alpha value is -1.51. The number of hydrogen-bond acceptors (Lipinski definition) is 4. The number of carbonyl (C=O) groups excluding carboxylic acids is 1. The number of nitrogens with zero attached hydrogens (tertiary/aromatic N) is 2. The number of sulfonamides is 1. The van der Waals surface area contributed by atoms with Crippen molar-refractivity contribution < 1.29 is 17.6 Å². The number of benzene rings is 1. The minimum Gasteiger partial charge on any atom is -0.340 e. The summed E-state index contributed by atoms with van der Waals surface area (Å²) in [5.74, 6) is -0.299. The molecule has 0 unspecified atom stereocenters. The third-order valence-electron chi connectivity index (χ3n) is 4.09. The monoisotopic (exact) mass is 357 g/mol. The lowest BCUT2D eigenvalue weighted by Crippen LogP contribution is -2.47. The van der Waals surface area contributed by atoms with E-state index in [1.807, 2.05) is 4.90 Å². The normalized spacial score (nSPS) is 17.0. The number of carbonyl (C=O) groups is 1. The van der Waals surface area contributed by atoms with Crippen LogP contribution in [0.1, 0.15) is 18.4 Å². The quantitative estimate of drug-likeness (QED) is 0.818. The maximum absolute atomic E-state index is 12.9. The summed E-state index contributed by atoms with van der Waals surface area (Å²) in [5.41, 5.74) is 0.878. The zero-order valence-corrected chi connectivity index (χ0v) is 14.9. The molecule has 0 aromatic heterocycles. The third-order valence-corrected chi connectivity index (χ3v) is 4.85. The zero-order chi connectivity index (χ0) is 17.7. The van der Waals surface area contributed by atoms with E-state index in [0.29, 0.717) is 39.0 Å². The first-order valence-electron chi connectivity index (χ1n) is 7.91. The van der Waals surface area contributed by atoms with Crippen molar-refractivity contribution in [3.8, 4) is 0 Å². The van der Waals surface area contributed by atoms with Crippen LogP contribution in [0.4, 0.5) is 4.39 Å². The fraction of sp³-hybridized carbons (Fsp3) is 0.562. The highest BCUT2D eigenvalue weighted by Gasteiger charge is 2.23. The first-order chi connectivity index (χ1) is 11.2. The third kappa shape index (κ3) is 6.18. The lowest BCUT2D eigenvalue weighted by Gasteiger charge is -2.32. The molecule has 1 aromatic rings. The van der Waals surface area contributed by atoms with Gasteiger partial charge in [-0.1, -0.05) is 12.1 Å². The SMILES string of the molecule is CN(Cc1ccc(F)cc1)C(=O)CN1CCC(NS(C)(=O)=O)CC1. The van der Waals surface area contributed by atoms with Gasteiger partial charge < -0.3 is 4.90 Å². The van der Waals surface area contributed by atoms with Crippen molar-refractivity contribution in [2.24, 2.45) is 0 Å². The predicted octanol–water partition coefficient (Wildman–Crippen LogP) is 0.798. The van der Waals surface area contributed by atoms with Gasteiger partial charge >= 0.3 is 0 Å². The highest BCUT2D eigenvalue weighted by molar-refractivity contribution is 7.88. The molecule has 6 nitrogen and oxygen atoms in total. The van der Waals surface area contributed by atoms with E-state index in [4.69, 9.17) is 0 Å². The van der Waals surface area contributed by atoms with Gasteiger partial charge in [0.15, 0.2) is 0 Å².